The lowest BCUT2D eigenvalue weighted by molar-refractivity contribution is -0.117. The van der Waals surface area contributed by atoms with Gasteiger partial charge in [-0.25, -0.2) is 4.98 Å². The first-order chi connectivity index (χ1) is 17.9. The standard InChI is InChI=1S/C26H29N7O3S/c1-4-28-24(35)19(14-27)26-33(5-2)25(36)20(37-26)15-29-21-12-9-13-22(30-21)31-23(34)17-32(3)16-18-10-7-6-8-11-18/h6-13,15H,4-5,16-17H2,1-3H3,(H,28,35)(H2,29,30,31,34)/b20-15+,26-19-. The van der Waals surface area contributed by atoms with Crippen molar-refractivity contribution in [2.75, 3.05) is 30.8 Å². The Balaban J connectivity index is 1.75. The summed E-state index contributed by atoms with van der Waals surface area (Å²) in [6.45, 7) is 5.03. The molecule has 0 bridgehead atoms. The number of carbonyl (C=O) groups is 2. The molecule has 0 aliphatic carbocycles. The van der Waals surface area contributed by atoms with Crippen molar-refractivity contribution in [2.45, 2.75) is 26.9 Å². The maximum atomic E-state index is 12.9. The van der Waals surface area contributed by atoms with E-state index in [4.69, 9.17) is 0 Å². The van der Waals surface area contributed by atoms with Crippen molar-refractivity contribution in [3.63, 3.8) is 0 Å². The summed E-state index contributed by atoms with van der Waals surface area (Å²) in [5.74, 6) is 0.0601. The number of benzene rings is 1. The van der Waals surface area contributed by atoms with E-state index < -0.39 is 5.91 Å². The third-order valence-corrected chi connectivity index (χ3v) is 6.32. The molecule has 0 fully saturated rings. The van der Waals surface area contributed by atoms with Gasteiger partial charge in [-0.2, -0.15) is 5.26 Å². The summed E-state index contributed by atoms with van der Waals surface area (Å²) in [5.41, 5.74) is 0.686. The monoisotopic (exact) mass is 519 g/mol. The Hall–Kier alpha value is -4.27. The number of nitrogens with zero attached hydrogens (tertiary/aromatic N) is 4. The summed E-state index contributed by atoms with van der Waals surface area (Å²) in [6, 6.07) is 16.9. The van der Waals surface area contributed by atoms with E-state index in [9.17, 15) is 19.6 Å². The molecule has 0 aliphatic rings. The molecule has 0 saturated heterocycles. The molecule has 2 amide bonds. The Morgan fingerprint density at radius 3 is 2.54 bits per heavy atom. The topological polar surface area (TPSA) is 132 Å². The fourth-order valence-electron chi connectivity index (χ4n) is 3.54. The van der Waals surface area contributed by atoms with Gasteiger partial charge in [0.25, 0.3) is 11.5 Å². The highest BCUT2D eigenvalue weighted by Crippen LogP contribution is 2.10. The number of carbonyl (C=O) groups excluding carboxylic acids is 2. The zero-order chi connectivity index (χ0) is 26.8. The maximum absolute atomic E-state index is 12.9. The minimum Gasteiger partial charge on any atom is -0.352 e. The van der Waals surface area contributed by atoms with Gasteiger partial charge < -0.3 is 16.0 Å². The molecule has 0 saturated carbocycles. The Morgan fingerprint density at radius 2 is 1.86 bits per heavy atom. The molecule has 1 aromatic carbocycles. The SMILES string of the molecule is CCNC(=O)/C(C#N)=c1\s/c(=C/Nc2cccc(NC(=O)CN(C)Cc3ccccc3)n2)c(=O)n1CC. The van der Waals surface area contributed by atoms with Crippen LogP contribution in [-0.2, 0) is 22.7 Å². The van der Waals surface area contributed by atoms with Gasteiger partial charge in [0.2, 0.25) is 5.91 Å². The number of anilines is 2. The lowest BCUT2D eigenvalue weighted by Crippen LogP contribution is -2.34. The lowest BCUT2D eigenvalue weighted by atomic mass is 10.2. The predicted molar refractivity (Wildman–Crippen MR) is 145 cm³/mol. The zero-order valence-corrected chi connectivity index (χ0v) is 21.8. The lowest BCUT2D eigenvalue weighted by Gasteiger charge is -2.16. The van der Waals surface area contributed by atoms with Crippen LogP contribution in [-0.4, -0.2) is 46.4 Å². The van der Waals surface area contributed by atoms with Gasteiger partial charge in [0, 0.05) is 25.8 Å². The van der Waals surface area contributed by atoms with Crippen LogP contribution in [0.4, 0.5) is 11.6 Å². The van der Waals surface area contributed by atoms with Gasteiger partial charge in [-0.1, -0.05) is 36.4 Å². The molecule has 0 spiro atoms. The molecule has 2 aromatic heterocycles. The highest BCUT2D eigenvalue weighted by atomic mass is 32.1. The number of thiazole rings is 1. The number of nitrogens with one attached hydrogen (secondary N) is 3. The van der Waals surface area contributed by atoms with Crippen LogP contribution in [0, 0.1) is 11.3 Å². The minimum atomic E-state index is -0.521. The highest BCUT2D eigenvalue weighted by molar-refractivity contribution is 7.07. The molecular formula is C26H29N7O3S. The first-order valence-electron chi connectivity index (χ1n) is 11.7. The second-order valence-electron chi connectivity index (χ2n) is 8.07. The molecule has 3 rings (SSSR count). The molecule has 11 heteroatoms. The average Bonchev–Trinajstić information content (AvgIpc) is 3.18. The number of rotatable bonds is 10. The van der Waals surface area contributed by atoms with Gasteiger partial charge in [-0.05, 0) is 38.6 Å². The Kier molecular flexibility index (Phi) is 9.71. The number of hydrogen-bond acceptors (Lipinski definition) is 8. The van der Waals surface area contributed by atoms with Crippen LogP contribution < -0.4 is 30.7 Å². The Bertz CT molecular complexity index is 1470. The van der Waals surface area contributed by atoms with Crippen molar-refractivity contribution in [1.82, 2.24) is 19.8 Å². The van der Waals surface area contributed by atoms with Gasteiger partial charge >= 0.3 is 0 Å². The second-order valence-corrected chi connectivity index (χ2v) is 9.10. The first kappa shape index (κ1) is 27.3. The number of amides is 2. The molecule has 10 nitrogen and oxygen atoms in total. The van der Waals surface area contributed by atoms with E-state index in [1.165, 1.54) is 10.8 Å². The molecule has 192 valence electrons. The molecule has 0 radical (unpaired) electrons. The van der Waals surface area contributed by atoms with Crippen LogP contribution in [0.25, 0.3) is 11.8 Å². The molecule has 0 unspecified atom stereocenters. The van der Waals surface area contributed by atoms with E-state index in [-0.39, 0.29) is 23.6 Å². The quantitative estimate of drug-likeness (QED) is 0.365. The third-order valence-electron chi connectivity index (χ3n) is 5.19. The van der Waals surface area contributed by atoms with Gasteiger partial charge in [0.15, 0.2) is 5.57 Å². The van der Waals surface area contributed by atoms with Crippen LogP contribution in [0.15, 0.2) is 53.3 Å². The molecule has 3 aromatic rings. The maximum Gasteiger partial charge on any atom is 0.270 e. The Morgan fingerprint density at radius 1 is 1.14 bits per heavy atom. The minimum absolute atomic E-state index is 0.106. The van der Waals surface area contributed by atoms with Crippen LogP contribution in [0.5, 0.6) is 0 Å². The van der Waals surface area contributed by atoms with E-state index >= 15 is 0 Å². The summed E-state index contributed by atoms with van der Waals surface area (Å²) in [5, 5.41) is 17.9. The zero-order valence-electron chi connectivity index (χ0n) is 20.9. The Labute approximate surface area is 218 Å². The average molecular weight is 520 g/mol. The van der Waals surface area contributed by atoms with Crippen LogP contribution in [0.2, 0.25) is 0 Å². The van der Waals surface area contributed by atoms with Crippen molar-refractivity contribution in [2.24, 2.45) is 0 Å². The number of pyridine rings is 1. The molecule has 3 N–H and O–H groups in total. The summed E-state index contributed by atoms with van der Waals surface area (Å²) in [7, 11) is 1.87. The summed E-state index contributed by atoms with van der Waals surface area (Å²) < 4.78 is 2.00. The molecule has 37 heavy (non-hydrogen) atoms. The van der Waals surface area contributed by atoms with Crippen molar-refractivity contribution < 1.29 is 9.59 Å². The number of likely N-dealkylation sites (N-methyl/N-ethyl adjacent to an activating group) is 1. The number of hydrogen-bond donors (Lipinski definition) is 3. The fourth-order valence-corrected chi connectivity index (χ4v) is 4.63. The van der Waals surface area contributed by atoms with Crippen molar-refractivity contribution in [3.8, 4) is 6.07 Å². The van der Waals surface area contributed by atoms with Gasteiger partial charge in [0.05, 0.1) is 6.54 Å². The van der Waals surface area contributed by atoms with E-state index in [0.717, 1.165) is 16.9 Å². The predicted octanol–water partition coefficient (Wildman–Crippen LogP) is 1.06. The van der Waals surface area contributed by atoms with E-state index in [0.29, 0.717) is 40.5 Å². The van der Waals surface area contributed by atoms with Crippen LogP contribution >= 0.6 is 11.3 Å². The van der Waals surface area contributed by atoms with E-state index in [1.807, 2.05) is 48.3 Å². The smallest absolute Gasteiger partial charge is 0.270 e. The van der Waals surface area contributed by atoms with Gasteiger partial charge in [0.1, 0.15) is 26.9 Å². The molecule has 0 atom stereocenters. The molecule has 2 heterocycles. The summed E-state index contributed by atoms with van der Waals surface area (Å²) in [4.78, 5) is 43.9. The summed E-state index contributed by atoms with van der Waals surface area (Å²) >= 11 is 1.05. The van der Waals surface area contributed by atoms with Crippen LogP contribution in [0.1, 0.15) is 19.4 Å². The van der Waals surface area contributed by atoms with Crippen molar-refractivity contribution in [3.05, 3.63) is 73.6 Å². The normalized spacial score (nSPS) is 12.1. The highest BCUT2D eigenvalue weighted by Gasteiger charge is 2.14. The van der Waals surface area contributed by atoms with Gasteiger partial charge in [-0.15, -0.1) is 11.3 Å². The third kappa shape index (κ3) is 7.36. The summed E-state index contributed by atoms with van der Waals surface area (Å²) in [6.07, 6.45) is 1.48. The number of aromatic nitrogens is 2. The molecule has 0 aliphatic heterocycles. The van der Waals surface area contributed by atoms with E-state index in [1.54, 1.807) is 32.0 Å². The van der Waals surface area contributed by atoms with Crippen molar-refractivity contribution >= 4 is 46.6 Å². The van der Waals surface area contributed by atoms with Gasteiger partial charge in [-0.3, -0.25) is 23.9 Å². The van der Waals surface area contributed by atoms with Crippen molar-refractivity contribution in [1.29, 1.82) is 5.26 Å². The first-order valence-corrected chi connectivity index (χ1v) is 12.6. The van der Waals surface area contributed by atoms with Crippen LogP contribution in [0.3, 0.4) is 0 Å². The number of nitriles is 1. The largest absolute Gasteiger partial charge is 0.352 e. The fraction of sp³-hybridized carbons (Fsp3) is 0.269. The van der Waals surface area contributed by atoms with E-state index in [2.05, 4.69) is 20.9 Å². The second kappa shape index (κ2) is 13.2. The molecular weight excluding hydrogens is 490 g/mol.